The minimum Gasteiger partial charge on any atom is -0.507 e. The molecule has 0 atom stereocenters. The third-order valence-corrected chi connectivity index (χ3v) is 1.82. The number of phenolic OH excluding ortho intramolecular Hbond substituents is 1. The van der Waals surface area contributed by atoms with Crippen molar-refractivity contribution in [2.45, 2.75) is 6.92 Å². The van der Waals surface area contributed by atoms with Crippen LogP contribution >= 0.6 is 0 Å². The zero-order valence-corrected chi connectivity index (χ0v) is 9.02. The standard InChI is InChI=1S/C11H12O5/c1-7(12)6-16-8-3-4-10(13)9(5-8)11(14)15-2/h3-5,13H,6H2,1-2H3. The first kappa shape index (κ1) is 12.0. The van der Waals surface area contributed by atoms with Gasteiger partial charge < -0.3 is 14.6 Å². The molecule has 1 aromatic carbocycles. The van der Waals surface area contributed by atoms with Crippen LogP contribution in [0.15, 0.2) is 18.2 Å². The lowest BCUT2D eigenvalue weighted by atomic mass is 10.2. The average molecular weight is 224 g/mol. The van der Waals surface area contributed by atoms with Crippen molar-refractivity contribution in [1.29, 1.82) is 0 Å². The highest BCUT2D eigenvalue weighted by Gasteiger charge is 2.12. The summed E-state index contributed by atoms with van der Waals surface area (Å²) >= 11 is 0. The number of ether oxygens (including phenoxy) is 2. The van der Waals surface area contributed by atoms with Crippen LogP contribution in [0.25, 0.3) is 0 Å². The van der Waals surface area contributed by atoms with Gasteiger partial charge in [0.2, 0.25) is 0 Å². The summed E-state index contributed by atoms with van der Waals surface area (Å²) in [6.07, 6.45) is 0. The van der Waals surface area contributed by atoms with E-state index in [9.17, 15) is 14.7 Å². The lowest BCUT2D eigenvalue weighted by Crippen LogP contribution is -2.07. The van der Waals surface area contributed by atoms with E-state index in [4.69, 9.17) is 4.74 Å². The first-order chi connectivity index (χ1) is 7.54. The Labute approximate surface area is 92.6 Å². The van der Waals surface area contributed by atoms with Crippen LogP contribution in [-0.2, 0) is 9.53 Å². The highest BCUT2D eigenvalue weighted by Crippen LogP contribution is 2.23. The smallest absolute Gasteiger partial charge is 0.341 e. The molecule has 1 aromatic rings. The van der Waals surface area contributed by atoms with E-state index in [2.05, 4.69) is 4.74 Å². The van der Waals surface area contributed by atoms with Crippen LogP contribution in [-0.4, -0.2) is 30.6 Å². The maximum absolute atomic E-state index is 11.2. The summed E-state index contributed by atoms with van der Waals surface area (Å²) in [5, 5.41) is 9.39. The normalized spacial score (nSPS) is 9.62. The maximum atomic E-state index is 11.2. The van der Waals surface area contributed by atoms with Crippen molar-refractivity contribution in [2.24, 2.45) is 0 Å². The molecular weight excluding hydrogens is 212 g/mol. The molecule has 86 valence electrons. The molecule has 0 radical (unpaired) electrons. The molecule has 0 spiro atoms. The number of Topliss-reactive ketones (excluding diaryl/α,β-unsaturated/α-hetero) is 1. The van der Waals surface area contributed by atoms with Gasteiger partial charge in [-0.15, -0.1) is 0 Å². The van der Waals surface area contributed by atoms with Gasteiger partial charge in [-0.05, 0) is 25.1 Å². The molecule has 0 unspecified atom stereocenters. The van der Waals surface area contributed by atoms with Gasteiger partial charge in [-0.1, -0.05) is 0 Å². The van der Waals surface area contributed by atoms with Gasteiger partial charge in [0.1, 0.15) is 23.7 Å². The Kier molecular flexibility index (Phi) is 3.88. The Morgan fingerprint density at radius 1 is 1.38 bits per heavy atom. The number of hydrogen-bond acceptors (Lipinski definition) is 5. The lowest BCUT2D eigenvalue weighted by molar-refractivity contribution is -0.118. The quantitative estimate of drug-likeness (QED) is 0.776. The van der Waals surface area contributed by atoms with Gasteiger partial charge in [-0.25, -0.2) is 4.79 Å². The molecule has 0 saturated carbocycles. The average Bonchev–Trinajstić information content (AvgIpc) is 2.27. The van der Waals surface area contributed by atoms with E-state index in [-0.39, 0.29) is 23.7 Å². The molecule has 5 nitrogen and oxygen atoms in total. The van der Waals surface area contributed by atoms with Gasteiger partial charge in [0, 0.05) is 0 Å². The maximum Gasteiger partial charge on any atom is 0.341 e. The predicted octanol–water partition coefficient (Wildman–Crippen LogP) is 1.15. The largest absolute Gasteiger partial charge is 0.507 e. The van der Waals surface area contributed by atoms with E-state index >= 15 is 0 Å². The second-order valence-electron chi connectivity index (χ2n) is 3.16. The molecular formula is C11H12O5. The van der Waals surface area contributed by atoms with Crippen LogP contribution in [0, 0.1) is 0 Å². The molecule has 0 aliphatic rings. The van der Waals surface area contributed by atoms with Gasteiger partial charge in [-0.2, -0.15) is 0 Å². The highest BCUT2D eigenvalue weighted by molar-refractivity contribution is 5.92. The zero-order valence-electron chi connectivity index (χ0n) is 9.02. The zero-order chi connectivity index (χ0) is 12.1. The van der Waals surface area contributed by atoms with Crippen molar-refractivity contribution in [2.75, 3.05) is 13.7 Å². The third kappa shape index (κ3) is 2.98. The van der Waals surface area contributed by atoms with Crippen LogP contribution < -0.4 is 4.74 Å². The highest BCUT2D eigenvalue weighted by atomic mass is 16.5. The van der Waals surface area contributed by atoms with Crippen molar-refractivity contribution in [1.82, 2.24) is 0 Å². The molecule has 0 amide bonds. The summed E-state index contributed by atoms with van der Waals surface area (Å²) in [4.78, 5) is 21.9. The first-order valence-corrected chi connectivity index (χ1v) is 4.58. The lowest BCUT2D eigenvalue weighted by Gasteiger charge is -2.07. The Morgan fingerprint density at radius 3 is 2.62 bits per heavy atom. The number of rotatable bonds is 4. The van der Waals surface area contributed by atoms with Crippen LogP contribution in [0.2, 0.25) is 0 Å². The molecule has 0 aliphatic carbocycles. The van der Waals surface area contributed by atoms with Crippen LogP contribution in [0.4, 0.5) is 0 Å². The Bertz CT molecular complexity index is 411. The van der Waals surface area contributed by atoms with E-state index < -0.39 is 5.97 Å². The number of benzene rings is 1. The minimum atomic E-state index is -0.661. The fourth-order valence-corrected chi connectivity index (χ4v) is 1.06. The van der Waals surface area contributed by atoms with E-state index in [1.165, 1.54) is 32.2 Å². The Hall–Kier alpha value is -2.04. The molecule has 16 heavy (non-hydrogen) atoms. The molecule has 0 bridgehead atoms. The van der Waals surface area contributed by atoms with Gasteiger partial charge in [0.25, 0.3) is 0 Å². The molecule has 0 heterocycles. The fourth-order valence-electron chi connectivity index (χ4n) is 1.06. The number of methoxy groups -OCH3 is 1. The van der Waals surface area contributed by atoms with Gasteiger partial charge in [0.05, 0.1) is 7.11 Å². The molecule has 0 fully saturated rings. The minimum absolute atomic E-state index is 0.00329. The summed E-state index contributed by atoms with van der Waals surface area (Å²) in [6, 6.07) is 4.09. The topological polar surface area (TPSA) is 72.8 Å². The Balaban J connectivity index is 2.89. The monoisotopic (exact) mass is 224 g/mol. The van der Waals surface area contributed by atoms with Crippen molar-refractivity contribution >= 4 is 11.8 Å². The van der Waals surface area contributed by atoms with Crippen LogP contribution in [0.1, 0.15) is 17.3 Å². The summed E-state index contributed by atoms with van der Waals surface area (Å²) in [6.45, 7) is 1.31. The first-order valence-electron chi connectivity index (χ1n) is 4.58. The van der Waals surface area contributed by atoms with Crippen molar-refractivity contribution in [3.8, 4) is 11.5 Å². The number of phenols is 1. The number of ketones is 1. The second kappa shape index (κ2) is 5.16. The molecule has 0 aromatic heterocycles. The number of carbonyl (C=O) groups is 2. The molecule has 0 saturated heterocycles. The van der Waals surface area contributed by atoms with Crippen molar-refractivity contribution < 1.29 is 24.2 Å². The third-order valence-electron chi connectivity index (χ3n) is 1.82. The van der Waals surface area contributed by atoms with E-state index in [0.717, 1.165) is 0 Å². The fraction of sp³-hybridized carbons (Fsp3) is 0.273. The number of esters is 1. The van der Waals surface area contributed by atoms with Gasteiger partial charge in [0.15, 0.2) is 5.78 Å². The molecule has 1 N–H and O–H groups in total. The van der Waals surface area contributed by atoms with Crippen LogP contribution in [0.5, 0.6) is 11.5 Å². The van der Waals surface area contributed by atoms with Crippen molar-refractivity contribution in [3.63, 3.8) is 0 Å². The number of hydrogen-bond donors (Lipinski definition) is 1. The molecule has 1 rings (SSSR count). The predicted molar refractivity (Wildman–Crippen MR) is 55.6 cm³/mol. The van der Waals surface area contributed by atoms with Crippen LogP contribution in [0.3, 0.4) is 0 Å². The van der Waals surface area contributed by atoms with E-state index in [0.29, 0.717) is 5.75 Å². The van der Waals surface area contributed by atoms with Gasteiger partial charge >= 0.3 is 5.97 Å². The molecule has 5 heteroatoms. The number of aromatic hydroxyl groups is 1. The summed E-state index contributed by atoms with van der Waals surface area (Å²) in [5.41, 5.74) is 0.00329. The second-order valence-corrected chi connectivity index (χ2v) is 3.16. The summed E-state index contributed by atoms with van der Waals surface area (Å²) < 4.78 is 9.57. The number of carbonyl (C=O) groups excluding carboxylic acids is 2. The van der Waals surface area contributed by atoms with E-state index in [1.807, 2.05) is 0 Å². The summed E-state index contributed by atoms with van der Waals surface area (Å²) in [7, 11) is 1.21. The molecule has 0 aliphatic heterocycles. The van der Waals surface area contributed by atoms with E-state index in [1.54, 1.807) is 0 Å². The SMILES string of the molecule is COC(=O)c1cc(OCC(C)=O)ccc1O. The van der Waals surface area contributed by atoms with Crippen molar-refractivity contribution in [3.05, 3.63) is 23.8 Å². The summed E-state index contributed by atoms with van der Waals surface area (Å²) in [5.74, 6) is -0.658. The van der Waals surface area contributed by atoms with Gasteiger partial charge in [-0.3, -0.25) is 4.79 Å². The Morgan fingerprint density at radius 2 is 2.06 bits per heavy atom.